The SMILES string of the molecule is COC1=C(C(=O)OC(c2ccccc2)c2ccccc2)N2C(=O)C(SCC#N)[C@H]2SC1. The number of hydrogen-bond acceptors (Lipinski definition) is 7. The van der Waals surface area contributed by atoms with E-state index < -0.39 is 12.1 Å². The van der Waals surface area contributed by atoms with Crippen LogP contribution in [-0.4, -0.2) is 46.0 Å². The second kappa shape index (κ2) is 9.50. The largest absolute Gasteiger partial charge is 0.498 e. The third kappa shape index (κ3) is 4.16. The van der Waals surface area contributed by atoms with Crippen molar-refractivity contribution < 1.29 is 19.1 Å². The van der Waals surface area contributed by atoms with Crippen LogP contribution in [0.3, 0.4) is 0 Å². The van der Waals surface area contributed by atoms with E-state index in [1.54, 1.807) is 0 Å². The van der Waals surface area contributed by atoms with Crippen LogP contribution in [-0.2, 0) is 19.1 Å². The van der Waals surface area contributed by atoms with Crippen molar-refractivity contribution >= 4 is 35.4 Å². The molecular weight excluding hydrogens is 432 g/mol. The van der Waals surface area contributed by atoms with Crippen molar-refractivity contribution in [1.29, 1.82) is 5.26 Å². The first kappa shape index (κ1) is 21.3. The molecule has 158 valence electrons. The lowest BCUT2D eigenvalue weighted by atomic mass is 10.0. The molecule has 31 heavy (non-hydrogen) atoms. The summed E-state index contributed by atoms with van der Waals surface area (Å²) in [5.74, 6) is 0.307. The number of esters is 1. The van der Waals surface area contributed by atoms with E-state index in [0.29, 0.717) is 11.5 Å². The maximum atomic E-state index is 13.4. The quantitative estimate of drug-likeness (QED) is 0.468. The topological polar surface area (TPSA) is 79.6 Å². The van der Waals surface area contributed by atoms with E-state index in [-0.39, 0.29) is 28.0 Å². The number of thioether (sulfide) groups is 2. The Kier molecular flexibility index (Phi) is 6.54. The third-order valence-corrected chi connectivity index (χ3v) is 7.62. The summed E-state index contributed by atoms with van der Waals surface area (Å²) in [5.41, 5.74) is 1.82. The normalized spacial score (nSPS) is 20.0. The molecule has 1 saturated heterocycles. The number of benzene rings is 2. The fourth-order valence-electron chi connectivity index (χ4n) is 3.60. The summed E-state index contributed by atoms with van der Waals surface area (Å²) < 4.78 is 11.4. The number of carbonyl (C=O) groups is 2. The maximum Gasteiger partial charge on any atom is 0.359 e. The van der Waals surface area contributed by atoms with E-state index in [1.807, 2.05) is 60.7 Å². The minimum atomic E-state index is -0.617. The van der Waals surface area contributed by atoms with E-state index in [2.05, 4.69) is 6.07 Å². The summed E-state index contributed by atoms with van der Waals surface area (Å²) in [6.45, 7) is 0. The highest BCUT2D eigenvalue weighted by Crippen LogP contribution is 2.45. The lowest BCUT2D eigenvalue weighted by Crippen LogP contribution is -2.63. The van der Waals surface area contributed by atoms with Crippen LogP contribution in [0.4, 0.5) is 0 Å². The van der Waals surface area contributed by atoms with Crippen molar-refractivity contribution in [3.05, 3.63) is 83.2 Å². The summed E-state index contributed by atoms with van der Waals surface area (Å²) in [5, 5.41) is 8.30. The van der Waals surface area contributed by atoms with Crippen LogP contribution < -0.4 is 0 Å². The lowest BCUT2D eigenvalue weighted by molar-refractivity contribution is -0.151. The minimum absolute atomic E-state index is 0.155. The highest BCUT2D eigenvalue weighted by atomic mass is 32.2. The Hall–Kier alpha value is -2.89. The van der Waals surface area contributed by atoms with Gasteiger partial charge in [0.15, 0.2) is 11.8 Å². The van der Waals surface area contributed by atoms with Gasteiger partial charge in [-0.2, -0.15) is 5.26 Å². The van der Waals surface area contributed by atoms with Crippen molar-refractivity contribution in [3.63, 3.8) is 0 Å². The van der Waals surface area contributed by atoms with Gasteiger partial charge in [-0.25, -0.2) is 4.79 Å². The van der Waals surface area contributed by atoms with Crippen molar-refractivity contribution in [2.75, 3.05) is 18.6 Å². The smallest absolute Gasteiger partial charge is 0.359 e. The van der Waals surface area contributed by atoms with Crippen LogP contribution in [0.15, 0.2) is 72.1 Å². The molecule has 2 atom stereocenters. The molecule has 2 aromatic carbocycles. The lowest BCUT2D eigenvalue weighted by Gasteiger charge is -2.48. The number of β-lactam (4-membered cyclic amide) rings is 1. The van der Waals surface area contributed by atoms with E-state index in [9.17, 15) is 9.59 Å². The van der Waals surface area contributed by atoms with E-state index in [4.69, 9.17) is 14.7 Å². The molecule has 1 unspecified atom stereocenters. The van der Waals surface area contributed by atoms with Gasteiger partial charge in [0.05, 0.1) is 24.7 Å². The summed E-state index contributed by atoms with van der Waals surface area (Å²) >= 11 is 2.82. The van der Waals surface area contributed by atoms with Crippen molar-refractivity contribution in [2.45, 2.75) is 16.7 Å². The van der Waals surface area contributed by atoms with Gasteiger partial charge in [0.25, 0.3) is 0 Å². The van der Waals surface area contributed by atoms with Gasteiger partial charge in [-0.1, -0.05) is 60.7 Å². The Balaban J connectivity index is 1.63. The molecule has 2 aliphatic rings. The summed E-state index contributed by atoms with van der Waals surface area (Å²) in [4.78, 5) is 27.6. The molecule has 6 nitrogen and oxygen atoms in total. The molecule has 0 aromatic heterocycles. The number of carbonyl (C=O) groups excluding carboxylic acids is 2. The third-order valence-electron chi connectivity index (χ3n) is 5.08. The number of nitriles is 1. The number of methoxy groups -OCH3 is 1. The van der Waals surface area contributed by atoms with E-state index >= 15 is 0 Å². The number of rotatable bonds is 7. The second-order valence-corrected chi connectivity index (χ2v) is 9.12. The zero-order valence-electron chi connectivity index (χ0n) is 16.8. The predicted octanol–water partition coefficient (Wildman–Crippen LogP) is 3.72. The molecule has 0 saturated carbocycles. The van der Waals surface area contributed by atoms with Gasteiger partial charge in [-0.05, 0) is 11.1 Å². The van der Waals surface area contributed by atoms with Gasteiger partial charge in [0.2, 0.25) is 5.91 Å². The van der Waals surface area contributed by atoms with E-state index in [0.717, 1.165) is 11.1 Å². The fraction of sp³-hybridized carbons (Fsp3) is 0.261. The molecule has 2 heterocycles. The Morgan fingerprint density at radius 3 is 2.35 bits per heavy atom. The zero-order chi connectivity index (χ0) is 21.8. The predicted molar refractivity (Wildman–Crippen MR) is 120 cm³/mol. The number of amides is 1. The average Bonchev–Trinajstić information content (AvgIpc) is 2.82. The average molecular weight is 453 g/mol. The van der Waals surface area contributed by atoms with Crippen LogP contribution >= 0.6 is 23.5 Å². The summed E-state index contributed by atoms with van der Waals surface area (Å²) in [7, 11) is 1.49. The number of nitrogens with zero attached hydrogens (tertiary/aromatic N) is 2. The molecule has 1 fully saturated rings. The molecule has 0 N–H and O–H groups in total. The molecular formula is C23H20N2O4S2. The van der Waals surface area contributed by atoms with Gasteiger partial charge in [-0.3, -0.25) is 9.69 Å². The highest BCUT2D eigenvalue weighted by Gasteiger charge is 2.54. The molecule has 8 heteroatoms. The van der Waals surface area contributed by atoms with Gasteiger partial charge in [0.1, 0.15) is 16.4 Å². The molecule has 4 rings (SSSR count). The highest BCUT2D eigenvalue weighted by molar-refractivity contribution is 8.04. The van der Waals surface area contributed by atoms with Crippen molar-refractivity contribution in [3.8, 4) is 6.07 Å². The van der Waals surface area contributed by atoms with Gasteiger partial charge in [-0.15, -0.1) is 23.5 Å². The Labute approximate surface area is 189 Å². The molecule has 0 aliphatic carbocycles. The number of hydrogen-bond donors (Lipinski definition) is 0. The number of ether oxygens (including phenoxy) is 2. The molecule has 1 amide bonds. The van der Waals surface area contributed by atoms with Crippen LogP contribution in [0.1, 0.15) is 17.2 Å². The van der Waals surface area contributed by atoms with Crippen molar-refractivity contribution in [1.82, 2.24) is 4.90 Å². The molecule has 2 aromatic rings. The van der Waals surface area contributed by atoms with Crippen LogP contribution in [0.5, 0.6) is 0 Å². The Morgan fingerprint density at radius 2 is 1.81 bits per heavy atom. The molecule has 0 radical (unpaired) electrons. The summed E-state index contributed by atoms with van der Waals surface area (Å²) in [6.07, 6.45) is -0.617. The maximum absolute atomic E-state index is 13.4. The first-order valence-electron chi connectivity index (χ1n) is 9.67. The van der Waals surface area contributed by atoms with Crippen LogP contribution in [0.2, 0.25) is 0 Å². The summed E-state index contributed by atoms with van der Waals surface area (Å²) in [6, 6.07) is 21.0. The van der Waals surface area contributed by atoms with Gasteiger partial charge < -0.3 is 9.47 Å². The molecule has 0 spiro atoms. The number of fused-ring (bicyclic) bond motifs is 1. The standard InChI is InChI=1S/C23H20N2O4S2/c1-28-17-14-31-22-20(30-13-12-24)21(26)25(22)18(17)23(27)29-19(15-8-4-2-5-9-15)16-10-6-3-7-11-16/h2-11,19-20,22H,13-14H2,1H3/t20?,22-/m1/s1. The minimum Gasteiger partial charge on any atom is -0.498 e. The Morgan fingerprint density at radius 1 is 1.19 bits per heavy atom. The first-order valence-corrected chi connectivity index (χ1v) is 11.8. The second-order valence-electron chi connectivity index (χ2n) is 6.88. The molecule has 0 bridgehead atoms. The Bertz CT molecular complexity index is 997. The van der Waals surface area contributed by atoms with Crippen molar-refractivity contribution in [2.24, 2.45) is 0 Å². The van der Waals surface area contributed by atoms with Gasteiger partial charge in [0, 0.05) is 0 Å². The zero-order valence-corrected chi connectivity index (χ0v) is 18.4. The fourth-order valence-corrected chi connectivity index (χ4v) is 6.09. The monoisotopic (exact) mass is 452 g/mol. The first-order chi connectivity index (χ1) is 15.2. The molecule has 2 aliphatic heterocycles. The van der Waals surface area contributed by atoms with Crippen LogP contribution in [0, 0.1) is 11.3 Å². The van der Waals surface area contributed by atoms with Crippen LogP contribution in [0.25, 0.3) is 0 Å². The van der Waals surface area contributed by atoms with Gasteiger partial charge >= 0.3 is 5.97 Å². The van der Waals surface area contributed by atoms with E-state index in [1.165, 1.54) is 35.5 Å².